The average Bonchev–Trinajstić information content (AvgIpc) is 3.00. The lowest BCUT2D eigenvalue weighted by Gasteiger charge is -2.05. The van der Waals surface area contributed by atoms with E-state index in [2.05, 4.69) is 10.1 Å². The van der Waals surface area contributed by atoms with E-state index in [0.717, 1.165) is 28.8 Å². The van der Waals surface area contributed by atoms with Crippen molar-refractivity contribution in [2.45, 2.75) is 20.8 Å². The first-order valence-electron chi connectivity index (χ1n) is 9.03. The predicted molar refractivity (Wildman–Crippen MR) is 109 cm³/mol. The SMILES string of the molecule is CCOC(=O)c1cc([N+](=O)[O-])cnc1/C=C\c1c(C)nn(-c2ccccc2)c1C. The van der Waals surface area contributed by atoms with Crippen LogP contribution in [0.5, 0.6) is 0 Å². The Labute approximate surface area is 167 Å². The third kappa shape index (κ3) is 4.21. The molecule has 1 aromatic carbocycles. The van der Waals surface area contributed by atoms with E-state index in [9.17, 15) is 14.9 Å². The van der Waals surface area contributed by atoms with Crippen LogP contribution in [-0.2, 0) is 4.74 Å². The zero-order valence-corrected chi connectivity index (χ0v) is 16.3. The van der Waals surface area contributed by atoms with Gasteiger partial charge in [-0.2, -0.15) is 5.10 Å². The van der Waals surface area contributed by atoms with E-state index < -0.39 is 10.9 Å². The maximum Gasteiger partial charge on any atom is 0.340 e. The number of hydrogen-bond acceptors (Lipinski definition) is 6. The van der Waals surface area contributed by atoms with Crippen molar-refractivity contribution in [1.82, 2.24) is 14.8 Å². The molecule has 8 nitrogen and oxygen atoms in total. The zero-order valence-electron chi connectivity index (χ0n) is 16.3. The molecule has 0 saturated heterocycles. The molecule has 0 spiro atoms. The quantitative estimate of drug-likeness (QED) is 0.355. The van der Waals surface area contributed by atoms with E-state index in [1.165, 1.54) is 6.07 Å². The monoisotopic (exact) mass is 392 g/mol. The van der Waals surface area contributed by atoms with Crippen LogP contribution >= 0.6 is 0 Å². The summed E-state index contributed by atoms with van der Waals surface area (Å²) in [6.07, 6.45) is 4.56. The fourth-order valence-electron chi connectivity index (χ4n) is 2.95. The zero-order chi connectivity index (χ0) is 21.0. The minimum Gasteiger partial charge on any atom is -0.462 e. The van der Waals surface area contributed by atoms with Crippen molar-refractivity contribution in [2.24, 2.45) is 0 Å². The second kappa shape index (κ2) is 8.47. The number of nitrogens with zero attached hydrogens (tertiary/aromatic N) is 4. The number of carbonyl (C=O) groups excluding carboxylic acids is 1. The van der Waals surface area contributed by atoms with Crippen LogP contribution in [0.3, 0.4) is 0 Å². The standard InChI is InChI=1S/C21H20N4O4/c1-4-29-21(26)19-12-17(25(27)28)13-22-20(19)11-10-18-14(2)23-24(15(18)3)16-8-6-5-7-9-16/h5-13H,4H2,1-3H3/b11-10-. The Hall–Kier alpha value is -3.81. The highest BCUT2D eigenvalue weighted by Crippen LogP contribution is 2.22. The van der Waals surface area contributed by atoms with Crippen LogP contribution < -0.4 is 0 Å². The summed E-state index contributed by atoms with van der Waals surface area (Å²) in [5, 5.41) is 15.6. The first-order chi connectivity index (χ1) is 13.9. The highest BCUT2D eigenvalue weighted by Gasteiger charge is 2.18. The summed E-state index contributed by atoms with van der Waals surface area (Å²) in [5.41, 5.74) is 3.61. The summed E-state index contributed by atoms with van der Waals surface area (Å²) < 4.78 is 6.85. The summed E-state index contributed by atoms with van der Waals surface area (Å²) in [5.74, 6) is -0.656. The van der Waals surface area contributed by atoms with Gasteiger partial charge >= 0.3 is 5.97 Å². The molecule has 0 aliphatic heterocycles. The Kier molecular flexibility index (Phi) is 5.82. The van der Waals surface area contributed by atoms with Crippen molar-refractivity contribution in [1.29, 1.82) is 0 Å². The number of hydrogen-bond donors (Lipinski definition) is 0. The molecule has 0 bridgehead atoms. The molecule has 2 heterocycles. The molecule has 0 radical (unpaired) electrons. The van der Waals surface area contributed by atoms with Gasteiger partial charge in [0.05, 0.1) is 34.2 Å². The minimum absolute atomic E-state index is 0.0445. The normalized spacial score (nSPS) is 11.0. The third-order valence-corrected chi connectivity index (χ3v) is 4.37. The van der Waals surface area contributed by atoms with Crippen LogP contribution in [0, 0.1) is 24.0 Å². The average molecular weight is 392 g/mol. The maximum atomic E-state index is 12.2. The largest absolute Gasteiger partial charge is 0.462 e. The first-order valence-corrected chi connectivity index (χ1v) is 9.03. The smallest absolute Gasteiger partial charge is 0.340 e. The minimum atomic E-state index is -0.656. The highest BCUT2D eigenvalue weighted by atomic mass is 16.6. The highest BCUT2D eigenvalue weighted by molar-refractivity contribution is 5.94. The lowest BCUT2D eigenvalue weighted by atomic mass is 10.1. The van der Waals surface area contributed by atoms with Gasteiger partial charge in [-0.05, 0) is 45.1 Å². The Morgan fingerprint density at radius 2 is 1.97 bits per heavy atom. The van der Waals surface area contributed by atoms with Crippen molar-refractivity contribution in [3.05, 3.63) is 80.9 Å². The van der Waals surface area contributed by atoms with Crippen LogP contribution in [0.25, 0.3) is 17.8 Å². The fourth-order valence-corrected chi connectivity index (χ4v) is 2.95. The number of aromatic nitrogens is 3. The molecule has 2 aromatic heterocycles. The summed E-state index contributed by atoms with van der Waals surface area (Å²) in [7, 11) is 0. The Bertz CT molecular complexity index is 1090. The van der Waals surface area contributed by atoms with Crippen molar-refractivity contribution < 1.29 is 14.5 Å². The summed E-state index contributed by atoms with van der Waals surface area (Å²) >= 11 is 0. The molecular weight excluding hydrogens is 372 g/mol. The Morgan fingerprint density at radius 3 is 2.62 bits per heavy atom. The number of ether oxygens (including phenoxy) is 1. The lowest BCUT2D eigenvalue weighted by Crippen LogP contribution is -2.08. The van der Waals surface area contributed by atoms with Crippen LogP contribution in [0.1, 0.15) is 39.9 Å². The first kappa shape index (κ1) is 19.9. The molecule has 3 aromatic rings. The van der Waals surface area contributed by atoms with Gasteiger partial charge in [0.25, 0.3) is 5.69 Å². The number of rotatable bonds is 6. The Morgan fingerprint density at radius 1 is 1.24 bits per heavy atom. The van der Waals surface area contributed by atoms with Crippen molar-refractivity contribution >= 4 is 23.8 Å². The number of pyridine rings is 1. The summed E-state index contributed by atoms with van der Waals surface area (Å²) in [4.78, 5) is 26.8. The molecule has 0 amide bonds. The molecule has 0 aliphatic rings. The molecule has 148 valence electrons. The van der Waals surface area contributed by atoms with Gasteiger partial charge in [-0.25, -0.2) is 14.5 Å². The molecule has 0 N–H and O–H groups in total. The van der Waals surface area contributed by atoms with Gasteiger partial charge in [-0.15, -0.1) is 0 Å². The van der Waals surface area contributed by atoms with E-state index in [-0.39, 0.29) is 17.9 Å². The van der Waals surface area contributed by atoms with Gasteiger partial charge in [-0.1, -0.05) is 18.2 Å². The third-order valence-electron chi connectivity index (χ3n) is 4.37. The van der Waals surface area contributed by atoms with Crippen LogP contribution in [0.4, 0.5) is 5.69 Å². The number of para-hydroxylation sites is 1. The van der Waals surface area contributed by atoms with E-state index in [0.29, 0.717) is 5.69 Å². The predicted octanol–water partition coefficient (Wildman–Crippen LogP) is 4.14. The van der Waals surface area contributed by atoms with Crippen LogP contribution in [0.15, 0.2) is 42.6 Å². The van der Waals surface area contributed by atoms with Gasteiger partial charge in [0.1, 0.15) is 6.20 Å². The number of benzene rings is 1. The molecule has 29 heavy (non-hydrogen) atoms. The van der Waals surface area contributed by atoms with Gasteiger partial charge in [0.2, 0.25) is 0 Å². The number of aryl methyl sites for hydroxylation is 1. The molecule has 3 rings (SSSR count). The van der Waals surface area contributed by atoms with E-state index in [1.807, 2.05) is 48.9 Å². The van der Waals surface area contributed by atoms with Gasteiger partial charge in [-0.3, -0.25) is 10.1 Å². The maximum absolute atomic E-state index is 12.2. The van der Waals surface area contributed by atoms with Gasteiger partial charge in [0.15, 0.2) is 0 Å². The molecule has 0 saturated carbocycles. The summed E-state index contributed by atoms with van der Waals surface area (Å²) in [6.45, 7) is 5.67. The van der Waals surface area contributed by atoms with Crippen molar-refractivity contribution in [3.8, 4) is 5.69 Å². The fraction of sp³-hybridized carbons (Fsp3) is 0.190. The van der Waals surface area contributed by atoms with Crippen LogP contribution in [-0.4, -0.2) is 32.3 Å². The molecule has 0 aliphatic carbocycles. The van der Waals surface area contributed by atoms with E-state index in [4.69, 9.17) is 4.74 Å². The lowest BCUT2D eigenvalue weighted by molar-refractivity contribution is -0.385. The molecule has 0 atom stereocenters. The second-order valence-corrected chi connectivity index (χ2v) is 6.27. The van der Waals surface area contributed by atoms with Crippen LogP contribution in [0.2, 0.25) is 0 Å². The Balaban J connectivity index is 2.01. The summed E-state index contributed by atoms with van der Waals surface area (Å²) in [6, 6.07) is 10.9. The van der Waals surface area contributed by atoms with Crippen molar-refractivity contribution in [3.63, 3.8) is 0 Å². The molecule has 0 unspecified atom stereocenters. The molecule has 0 fully saturated rings. The van der Waals surface area contributed by atoms with E-state index >= 15 is 0 Å². The van der Waals surface area contributed by atoms with E-state index in [1.54, 1.807) is 19.1 Å². The van der Waals surface area contributed by atoms with Gasteiger partial charge < -0.3 is 4.74 Å². The number of nitro groups is 1. The molecular formula is C21H20N4O4. The van der Waals surface area contributed by atoms with Crippen molar-refractivity contribution in [2.75, 3.05) is 6.61 Å². The number of carbonyl (C=O) groups is 1. The molecule has 8 heteroatoms. The second-order valence-electron chi connectivity index (χ2n) is 6.27. The topological polar surface area (TPSA) is 100 Å². The van der Waals surface area contributed by atoms with Gasteiger partial charge in [0, 0.05) is 17.3 Å². The number of esters is 1.